The van der Waals surface area contributed by atoms with Crippen LogP contribution < -0.4 is 14.8 Å². The van der Waals surface area contributed by atoms with E-state index < -0.39 is 15.8 Å². The van der Waals surface area contributed by atoms with Crippen LogP contribution in [0.5, 0.6) is 5.88 Å². The van der Waals surface area contributed by atoms with E-state index in [0.717, 1.165) is 18.1 Å². The second kappa shape index (κ2) is 10.2. The molecule has 0 aliphatic heterocycles. The lowest BCUT2D eigenvalue weighted by atomic mass is 10.2. The quantitative estimate of drug-likeness (QED) is 0.505. The highest BCUT2D eigenvalue weighted by Gasteiger charge is 2.16. The van der Waals surface area contributed by atoms with Crippen LogP contribution in [0.25, 0.3) is 0 Å². The van der Waals surface area contributed by atoms with Gasteiger partial charge in [0.2, 0.25) is 5.88 Å². The van der Waals surface area contributed by atoms with Crippen LogP contribution in [0.2, 0.25) is 0 Å². The molecular weight excluding hydrogens is 433 g/mol. The summed E-state index contributed by atoms with van der Waals surface area (Å²) in [6.07, 6.45) is 2.47. The van der Waals surface area contributed by atoms with Crippen molar-refractivity contribution in [1.82, 2.24) is 10.3 Å². The maximum Gasteiger partial charge on any atom is 0.261 e. The van der Waals surface area contributed by atoms with Crippen molar-refractivity contribution in [2.24, 2.45) is 0 Å². The minimum Gasteiger partial charge on any atom is -0.477 e. The lowest BCUT2D eigenvalue weighted by Crippen LogP contribution is -2.23. The van der Waals surface area contributed by atoms with E-state index in [1.165, 1.54) is 43.3 Å². The molecule has 0 fully saturated rings. The van der Waals surface area contributed by atoms with Crippen LogP contribution in [0.15, 0.2) is 65.7 Å². The fourth-order valence-corrected chi connectivity index (χ4v) is 4.00. The number of carbonyl (C=O) groups excluding carboxylic acids is 1. The molecule has 0 unspecified atom stereocenters. The maximum atomic E-state index is 13.4. The number of pyridine rings is 1. The van der Waals surface area contributed by atoms with E-state index >= 15 is 0 Å². The highest BCUT2D eigenvalue weighted by Crippen LogP contribution is 2.19. The number of sulfonamides is 1. The highest BCUT2D eigenvalue weighted by atomic mass is 32.2. The van der Waals surface area contributed by atoms with Gasteiger partial charge in [0.1, 0.15) is 5.82 Å². The Kier molecular flexibility index (Phi) is 7.42. The Morgan fingerprint density at radius 1 is 1.12 bits per heavy atom. The number of nitrogens with zero attached hydrogens (tertiary/aromatic N) is 1. The van der Waals surface area contributed by atoms with Crippen molar-refractivity contribution in [3.8, 4) is 5.88 Å². The summed E-state index contributed by atoms with van der Waals surface area (Å²) < 4.78 is 46.5. The van der Waals surface area contributed by atoms with Gasteiger partial charge in [0.05, 0.1) is 11.5 Å². The number of halogens is 1. The molecule has 1 amide bonds. The standard InChI is InChI=1S/C23H24FN3O4S/c1-3-13-31-23-18(5-4-12-25-23)15-26-22(28)17-6-8-19(9-7-17)27-32(29,30)20-10-11-21(24)16(2)14-20/h4-12,14,27H,3,13,15H2,1-2H3,(H,26,28). The number of rotatable bonds is 9. The molecule has 3 rings (SSSR count). The molecule has 1 heterocycles. The van der Waals surface area contributed by atoms with Crippen LogP contribution in [-0.2, 0) is 16.6 Å². The Morgan fingerprint density at radius 2 is 1.88 bits per heavy atom. The molecule has 0 aliphatic rings. The fraction of sp³-hybridized carbons (Fsp3) is 0.217. The lowest BCUT2D eigenvalue weighted by molar-refractivity contribution is 0.0950. The zero-order valence-corrected chi connectivity index (χ0v) is 18.6. The van der Waals surface area contributed by atoms with Crippen molar-refractivity contribution >= 4 is 21.6 Å². The summed E-state index contributed by atoms with van der Waals surface area (Å²) in [5, 5.41) is 2.80. The first-order valence-electron chi connectivity index (χ1n) is 10.0. The first-order chi connectivity index (χ1) is 15.3. The highest BCUT2D eigenvalue weighted by molar-refractivity contribution is 7.92. The molecule has 0 radical (unpaired) electrons. The first-order valence-corrected chi connectivity index (χ1v) is 11.5. The predicted octanol–water partition coefficient (Wildman–Crippen LogP) is 4.05. The molecule has 3 aromatic rings. The van der Waals surface area contributed by atoms with Crippen molar-refractivity contribution in [2.45, 2.75) is 31.7 Å². The molecule has 7 nitrogen and oxygen atoms in total. The van der Waals surface area contributed by atoms with Gasteiger partial charge in [-0.05, 0) is 67.4 Å². The predicted molar refractivity (Wildman–Crippen MR) is 120 cm³/mol. The number of aromatic nitrogens is 1. The van der Waals surface area contributed by atoms with Crippen molar-refractivity contribution in [3.05, 3.63) is 83.3 Å². The van der Waals surface area contributed by atoms with E-state index in [4.69, 9.17) is 4.74 Å². The third-order valence-electron chi connectivity index (χ3n) is 4.57. The van der Waals surface area contributed by atoms with Crippen molar-refractivity contribution in [1.29, 1.82) is 0 Å². The zero-order chi connectivity index (χ0) is 23.1. The monoisotopic (exact) mass is 457 g/mol. The summed E-state index contributed by atoms with van der Waals surface area (Å²) in [7, 11) is -3.88. The third kappa shape index (κ3) is 5.82. The molecule has 9 heteroatoms. The van der Waals surface area contributed by atoms with Gasteiger partial charge in [0.15, 0.2) is 0 Å². The summed E-state index contributed by atoms with van der Waals surface area (Å²) in [4.78, 5) is 16.6. The molecule has 2 N–H and O–H groups in total. The molecular formula is C23H24FN3O4S. The molecule has 1 aromatic heterocycles. The van der Waals surface area contributed by atoms with E-state index in [-0.39, 0.29) is 28.6 Å². The van der Waals surface area contributed by atoms with Gasteiger partial charge in [-0.2, -0.15) is 0 Å². The van der Waals surface area contributed by atoms with Crippen LogP contribution >= 0.6 is 0 Å². The average molecular weight is 458 g/mol. The van der Waals surface area contributed by atoms with Crippen LogP contribution in [0.3, 0.4) is 0 Å². The number of nitrogens with one attached hydrogen (secondary N) is 2. The fourth-order valence-electron chi connectivity index (χ4n) is 2.85. The van der Waals surface area contributed by atoms with Gasteiger partial charge in [-0.1, -0.05) is 13.0 Å². The van der Waals surface area contributed by atoms with Gasteiger partial charge in [-0.25, -0.2) is 17.8 Å². The Balaban J connectivity index is 1.64. The van der Waals surface area contributed by atoms with Gasteiger partial charge in [0, 0.05) is 29.6 Å². The molecule has 168 valence electrons. The number of hydrogen-bond acceptors (Lipinski definition) is 5. The summed E-state index contributed by atoms with van der Waals surface area (Å²) in [5.41, 5.74) is 1.64. The number of hydrogen-bond donors (Lipinski definition) is 2. The minimum atomic E-state index is -3.88. The van der Waals surface area contributed by atoms with E-state index in [1.807, 2.05) is 13.0 Å². The number of anilines is 1. The van der Waals surface area contributed by atoms with Crippen molar-refractivity contribution in [3.63, 3.8) is 0 Å². The molecule has 32 heavy (non-hydrogen) atoms. The van der Waals surface area contributed by atoms with Crippen molar-refractivity contribution < 1.29 is 22.3 Å². The maximum absolute atomic E-state index is 13.4. The average Bonchev–Trinajstić information content (AvgIpc) is 2.78. The number of amides is 1. The second-order valence-electron chi connectivity index (χ2n) is 7.09. The van der Waals surface area contributed by atoms with Gasteiger partial charge >= 0.3 is 0 Å². The Labute approximate surface area is 186 Å². The van der Waals surface area contributed by atoms with Crippen LogP contribution in [-0.4, -0.2) is 25.9 Å². The van der Waals surface area contributed by atoms with Crippen LogP contribution in [0, 0.1) is 12.7 Å². The molecule has 2 aromatic carbocycles. The van der Waals surface area contributed by atoms with Gasteiger partial charge < -0.3 is 10.1 Å². The van der Waals surface area contributed by atoms with Crippen molar-refractivity contribution in [2.75, 3.05) is 11.3 Å². The SMILES string of the molecule is CCCOc1ncccc1CNC(=O)c1ccc(NS(=O)(=O)c2ccc(F)c(C)c2)cc1. The molecule has 0 saturated carbocycles. The summed E-state index contributed by atoms with van der Waals surface area (Å²) in [5.74, 6) is -0.316. The van der Waals surface area contributed by atoms with E-state index in [9.17, 15) is 17.6 Å². The molecule has 0 bridgehead atoms. The zero-order valence-electron chi connectivity index (χ0n) is 17.8. The van der Waals surface area contributed by atoms with E-state index in [0.29, 0.717) is 18.1 Å². The summed E-state index contributed by atoms with van der Waals surface area (Å²) in [6.45, 7) is 4.26. The topological polar surface area (TPSA) is 97.4 Å². The molecule has 0 atom stereocenters. The number of aryl methyl sites for hydroxylation is 1. The lowest BCUT2D eigenvalue weighted by Gasteiger charge is -2.11. The van der Waals surface area contributed by atoms with E-state index in [2.05, 4.69) is 15.0 Å². The molecule has 0 spiro atoms. The van der Waals surface area contributed by atoms with Gasteiger partial charge in [0.25, 0.3) is 15.9 Å². The number of ether oxygens (including phenoxy) is 1. The Hall–Kier alpha value is -3.46. The molecule has 0 aliphatic carbocycles. The Bertz CT molecular complexity index is 1200. The normalized spacial score (nSPS) is 11.1. The van der Waals surface area contributed by atoms with Crippen LogP contribution in [0.4, 0.5) is 10.1 Å². The smallest absolute Gasteiger partial charge is 0.261 e. The van der Waals surface area contributed by atoms with E-state index in [1.54, 1.807) is 12.3 Å². The largest absolute Gasteiger partial charge is 0.477 e. The molecule has 0 saturated heterocycles. The number of benzene rings is 2. The van der Waals surface area contributed by atoms with Gasteiger partial charge in [-0.15, -0.1) is 0 Å². The first kappa shape index (κ1) is 23.2. The second-order valence-corrected chi connectivity index (χ2v) is 8.78. The van der Waals surface area contributed by atoms with Gasteiger partial charge in [-0.3, -0.25) is 9.52 Å². The van der Waals surface area contributed by atoms with Crippen LogP contribution in [0.1, 0.15) is 34.8 Å². The minimum absolute atomic E-state index is 0.0456. The Morgan fingerprint density at radius 3 is 2.56 bits per heavy atom. The third-order valence-corrected chi connectivity index (χ3v) is 5.95. The number of carbonyl (C=O) groups is 1. The summed E-state index contributed by atoms with van der Waals surface area (Å²) in [6, 6.07) is 13.2. The summed E-state index contributed by atoms with van der Waals surface area (Å²) >= 11 is 0.